The van der Waals surface area contributed by atoms with Crippen molar-refractivity contribution in [1.29, 1.82) is 0 Å². The molecule has 0 aliphatic heterocycles. The molecule has 0 saturated carbocycles. The van der Waals surface area contributed by atoms with E-state index in [1.165, 1.54) is 16.0 Å². The predicted octanol–water partition coefficient (Wildman–Crippen LogP) is 5.53. The van der Waals surface area contributed by atoms with Crippen LogP contribution in [-0.4, -0.2) is 9.97 Å². The Bertz CT molecular complexity index is 948. The number of benzene rings is 2. The maximum Gasteiger partial charge on any atom is 0.138 e. The third kappa shape index (κ3) is 2.88. The van der Waals surface area contributed by atoms with Gasteiger partial charge in [0.25, 0.3) is 0 Å². The quantitative estimate of drug-likeness (QED) is 0.534. The summed E-state index contributed by atoms with van der Waals surface area (Å²) >= 11 is 1.70. The van der Waals surface area contributed by atoms with Crippen LogP contribution in [-0.2, 0) is 0 Å². The van der Waals surface area contributed by atoms with Gasteiger partial charge in [-0.1, -0.05) is 60.7 Å². The van der Waals surface area contributed by atoms with Crippen LogP contribution in [0.25, 0.3) is 20.7 Å². The number of anilines is 1. The van der Waals surface area contributed by atoms with E-state index in [9.17, 15) is 0 Å². The topological polar surface area (TPSA) is 37.8 Å². The molecule has 118 valence electrons. The summed E-state index contributed by atoms with van der Waals surface area (Å²) in [5.74, 6) is 0.884. The van der Waals surface area contributed by atoms with E-state index in [2.05, 4.69) is 76.8 Å². The molecule has 1 atom stereocenters. The number of hydrogen-bond acceptors (Lipinski definition) is 4. The van der Waals surface area contributed by atoms with E-state index in [0.717, 1.165) is 16.0 Å². The minimum atomic E-state index is 0.185. The van der Waals surface area contributed by atoms with Crippen molar-refractivity contribution in [3.05, 3.63) is 78.6 Å². The van der Waals surface area contributed by atoms with E-state index < -0.39 is 0 Å². The molecule has 2 aromatic heterocycles. The molecule has 4 aromatic rings. The molecule has 4 rings (SSSR count). The summed E-state index contributed by atoms with van der Waals surface area (Å²) in [4.78, 5) is 11.1. The monoisotopic (exact) mass is 331 g/mol. The van der Waals surface area contributed by atoms with Crippen molar-refractivity contribution in [1.82, 2.24) is 9.97 Å². The zero-order valence-corrected chi connectivity index (χ0v) is 14.1. The molecule has 0 amide bonds. The van der Waals surface area contributed by atoms with Crippen LogP contribution >= 0.6 is 11.3 Å². The number of hydrogen-bond donors (Lipinski definition) is 1. The number of nitrogens with zero attached hydrogens (tertiary/aromatic N) is 2. The highest BCUT2D eigenvalue weighted by Crippen LogP contribution is 2.35. The fourth-order valence-electron chi connectivity index (χ4n) is 2.75. The van der Waals surface area contributed by atoms with Crippen molar-refractivity contribution in [2.45, 2.75) is 13.0 Å². The number of rotatable bonds is 4. The highest BCUT2D eigenvalue weighted by Gasteiger charge is 2.12. The first-order valence-corrected chi connectivity index (χ1v) is 8.74. The molecule has 0 radical (unpaired) electrons. The van der Waals surface area contributed by atoms with Crippen LogP contribution in [0.15, 0.2) is 73.1 Å². The minimum absolute atomic E-state index is 0.185. The molecule has 0 unspecified atom stereocenters. The molecule has 2 heterocycles. The van der Waals surface area contributed by atoms with Gasteiger partial charge in [-0.15, -0.1) is 11.3 Å². The first kappa shape index (κ1) is 14.8. The first-order valence-electron chi connectivity index (χ1n) is 7.93. The van der Waals surface area contributed by atoms with E-state index in [1.807, 2.05) is 12.1 Å². The van der Waals surface area contributed by atoms with Gasteiger partial charge in [0.15, 0.2) is 0 Å². The van der Waals surface area contributed by atoms with Gasteiger partial charge in [-0.3, -0.25) is 0 Å². The molecule has 0 aliphatic carbocycles. The van der Waals surface area contributed by atoms with Gasteiger partial charge >= 0.3 is 0 Å². The normalized spacial score (nSPS) is 12.2. The number of nitrogens with one attached hydrogen (secondary N) is 1. The Labute approximate surface area is 145 Å². The molecule has 24 heavy (non-hydrogen) atoms. The molecule has 0 saturated heterocycles. The summed E-state index contributed by atoms with van der Waals surface area (Å²) in [6.45, 7) is 2.15. The average molecular weight is 331 g/mol. The smallest absolute Gasteiger partial charge is 0.138 e. The van der Waals surface area contributed by atoms with E-state index in [4.69, 9.17) is 0 Å². The third-order valence-electron chi connectivity index (χ3n) is 4.04. The Kier molecular flexibility index (Phi) is 3.97. The summed E-state index contributed by atoms with van der Waals surface area (Å²) in [6.07, 6.45) is 1.63. The highest BCUT2D eigenvalue weighted by molar-refractivity contribution is 7.21. The summed E-state index contributed by atoms with van der Waals surface area (Å²) in [5.41, 5.74) is 2.45. The fraction of sp³-hybridized carbons (Fsp3) is 0.100. The van der Waals surface area contributed by atoms with Crippen molar-refractivity contribution in [2.24, 2.45) is 0 Å². The molecule has 4 heteroatoms. The highest BCUT2D eigenvalue weighted by atomic mass is 32.1. The van der Waals surface area contributed by atoms with Gasteiger partial charge in [0.1, 0.15) is 17.0 Å². The van der Waals surface area contributed by atoms with Crippen LogP contribution in [0, 0.1) is 0 Å². The van der Waals surface area contributed by atoms with Gasteiger partial charge < -0.3 is 5.32 Å². The van der Waals surface area contributed by atoms with Crippen LogP contribution in [0.3, 0.4) is 0 Å². The minimum Gasteiger partial charge on any atom is -0.363 e. The summed E-state index contributed by atoms with van der Waals surface area (Å²) in [6, 6.07) is 23.1. The molecule has 0 spiro atoms. The van der Waals surface area contributed by atoms with Crippen molar-refractivity contribution >= 4 is 27.4 Å². The second-order valence-corrected chi connectivity index (χ2v) is 6.73. The SMILES string of the molecule is C[C@@H](Nc1ncnc2sc(-c3ccccc3)cc12)c1ccccc1. The predicted molar refractivity (Wildman–Crippen MR) is 101 cm³/mol. The van der Waals surface area contributed by atoms with E-state index in [0.29, 0.717) is 0 Å². The zero-order chi connectivity index (χ0) is 16.4. The van der Waals surface area contributed by atoms with E-state index >= 15 is 0 Å². The lowest BCUT2D eigenvalue weighted by Crippen LogP contribution is -2.08. The summed E-state index contributed by atoms with van der Waals surface area (Å²) in [5, 5.41) is 4.59. The molecule has 1 N–H and O–H groups in total. The lowest BCUT2D eigenvalue weighted by Gasteiger charge is -2.15. The Hall–Kier alpha value is -2.72. The van der Waals surface area contributed by atoms with Crippen LogP contribution < -0.4 is 5.32 Å². The Morgan fingerprint density at radius 1 is 0.917 bits per heavy atom. The molecule has 3 nitrogen and oxygen atoms in total. The summed E-state index contributed by atoms with van der Waals surface area (Å²) < 4.78 is 0. The molecule has 0 aliphatic rings. The first-order chi connectivity index (χ1) is 11.8. The van der Waals surface area contributed by atoms with Gasteiger partial charge in [0.2, 0.25) is 0 Å². The second-order valence-electron chi connectivity index (χ2n) is 5.69. The Morgan fingerprint density at radius 3 is 2.38 bits per heavy atom. The lowest BCUT2D eigenvalue weighted by molar-refractivity contribution is 0.876. The molecule has 0 fully saturated rings. The largest absolute Gasteiger partial charge is 0.363 e. The molecule has 0 bridgehead atoms. The van der Waals surface area contributed by atoms with Gasteiger partial charge in [-0.05, 0) is 24.1 Å². The average Bonchev–Trinajstić information content (AvgIpc) is 3.08. The standard InChI is InChI=1S/C20H17N3S/c1-14(15-8-4-2-5-9-15)23-19-17-12-18(16-10-6-3-7-11-16)24-20(17)22-13-21-19/h2-14H,1H3,(H,21,22,23)/t14-/m1/s1. The third-order valence-corrected chi connectivity index (χ3v) is 5.13. The number of aromatic nitrogens is 2. The van der Waals surface area contributed by atoms with Crippen molar-refractivity contribution in [3.8, 4) is 10.4 Å². The summed E-state index contributed by atoms with van der Waals surface area (Å²) in [7, 11) is 0. The molecular formula is C20H17N3S. The maximum atomic E-state index is 4.46. The number of thiophene rings is 1. The van der Waals surface area contributed by atoms with Gasteiger partial charge in [-0.25, -0.2) is 9.97 Å². The van der Waals surface area contributed by atoms with Crippen LogP contribution in [0.2, 0.25) is 0 Å². The van der Waals surface area contributed by atoms with Crippen molar-refractivity contribution in [3.63, 3.8) is 0 Å². The molecule has 2 aromatic carbocycles. The second kappa shape index (κ2) is 6.42. The fourth-order valence-corrected chi connectivity index (χ4v) is 3.75. The van der Waals surface area contributed by atoms with Gasteiger partial charge in [-0.2, -0.15) is 0 Å². The Morgan fingerprint density at radius 2 is 1.62 bits per heavy atom. The van der Waals surface area contributed by atoms with Crippen LogP contribution in [0.4, 0.5) is 5.82 Å². The van der Waals surface area contributed by atoms with Crippen LogP contribution in [0.5, 0.6) is 0 Å². The lowest BCUT2D eigenvalue weighted by atomic mass is 10.1. The van der Waals surface area contributed by atoms with Gasteiger partial charge in [0.05, 0.1) is 5.39 Å². The van der Waals surface area contributed by atoms with Gasteiger partial charge in [0, 0.05) is 10.9 Å². The Balaban J connectivity index is 1.70. The van der Waals surface area contributed by atoms with E-state index in [1.54, 1.807) is 17.7 Å². The van der Waals surface area contributed by atoms with Crippen molar-refractivity contribution < 1.29 is 0 Å². The van der Waals surface area contributed by atoms with E-state index in [-0.39, 0.29) is 6.04 Å². The number of fused-ring (bicyclic) bond motifs is 1. The molecular weight excluding hydrogens is 314 g/mol. The maximum absolute atomic E-state index is 4.46. The zero-order valence-electron chi connectivity index (χ0n) is 13.3. The van der Waals surface area contributed by atoms with Crippen molar-refractivity contribution in [2.75, 3.05) is 5.32 Å². The van der Waals surface area contributed by atoms with Crippen LogP contribution in [0.1, 0.15) is 18.5 Å².